The Bertz CT molecular complexity index is 858. The number of carbonyl (C=O) groups excluding carboxylic acids is 3. The van der Waals surface area contributed by atoms with Crippen LogP contribution in [0.3, 0.4) is 0 Å². The molecule has 12 heteroatoms. The predicted molar refractivity (Wildman–Crippen MR) is 108 cm³/mol. The molecule has 0 aromatic heterocycles. The van der Waals surface area contributed by atoms with E-state index < -0.39 is 55.6 Å². The van der Waals surface area contributed by atoms with Crippen LogP contribution in [0.5, 0.6) is 5.75 Å². The Hall–Kier alpha value is -2.73. The number of carbonyl (C=O) groups is 3. The molecule has 176 valence electrons. The molecule has 1 aromatic carbocycles. The van der Waals surface area contributed by atoms with Crippen LogP contribution in [-0.2, 0) is 30.2 Å². The van der Waals surface area contributed by atoms with Crippen LogP contribution < -0.4 is 9.97 Å². The Kier molecular flexibility index (Phi) is 8.19. The number of nitrogens with one attached hydrogen (secondary N) is 1. The summed E-state index contributed by atoms with van der Waals surface area (Å²) in [6.45, 7) is 4.99. The van der Waals surface area contributed by atoms with Crippen LogP contribution >= 0.6 is 0 Å². The van der Waals surface area contributed by atoms with Gasteiger partial charge in [-0.15, -0.1) is 0 Å². The zero-order valence-corrected chi connectivity index (χ0v) is 18.3. The monoisotopic (exact) mass is 457 g/mol. The molecule has 1 aromatic rings. The van der Waals surface area contributed by atoms with Gasteiger partial charge < -0.3 is 29.2 Å². The van der Waals surface area contributed by atoms with E-state index in [-0.39, 0.29) is 17.7 Å². The summed E-state index contributed by atoms with van der Waals surface area (Å²) in [5.41, 5.74) is -0.791. The van der Waals surface area contributed by atoms with Crippen molar-refractivity contribution in [3.8, 4) is 5.75 Å². The summed E-state index contributed by atoms with van der Waals surface area (Å²) in [4.78, 5) is 36.2. The van der Waals surface area contributed by atoms with Crippen molar-refractivity contribution in [2.75, 3.05) is 13.4 Å². The standard InChI is InChI=1S/C20H26BF2NO8/c1-5-31-19(2,3)18(27)30-11-29-17(26)13-8-6-7-12-9-14(21(28)32-16(12)13)24-15(25)10-20(4,22)23/h6-8,14,28H,5,9-11H2,1-4H3,(H,24,25)/t14-/m0/s1. The van der Waals surface area contributed by atoms with E-state index in [9.17, 15) is 28.2 Å². The third-order valence-electron chi connectivity index (χ3n) is 4.53. The van der Waals surface area contributed by atoms with Gasteiger partial charge in [-0.3, -0.25) is 4.79 Å². The molecular weight excluding hydrogens is 431 g/mol. The van der Waals surface area contributed by atoms with Crippen molar-refractivity contribution in [1.82, 2.24) is 5.32 Å². The van der Waals surface area contributed by atoms with Crippen molar-refractivity contribution in [3.63, 3.8) is 0 Å². The molecule has 0 aliphatic carbocycles. The maximum absolute atomic E-state index is 13.0. The summed E-state index contributed by atoms with van der Waals surface area (Å²) < 4.78 is 46.5. The first kappa shape index (κ1) is 25.5. The molecule has 0 radical (unpaired) electrons. The Labute approximate surface area is 184 Å². The number of esters is 2. The van der Waals surface area contributed by atoms with E-state index in [1.54, 1.807) is 13.0 Å². The second-order valence-electron chi connectivity index (χ2n) is 7.85. The Balaban J connectivity index is 2.01. The highest BCUT2D eigenvalue weighted by Gasteiger charge is 2.39. The summed E-state index contributed by atoms with van der Waals surface area (Å²) in [5, 5.41) is 12.5. The van der Waals surface area contributed by atoms with Gasteiger partial charge in [-0.25, -0.2) is 18.4 Å². The molecule has 0 fully saturated rings. The fourth-order valence-electron chi connectivity index (χ4n) is 3.06. The second kappa shape index (κ2) is 10.3. The molecule has 2 rings (SSSR count). The van der Waals surface area contributed by atoms with E-state index in [2.05, 4.69) is 5.32 Å². The third kappa shape index (κ3) is 6.89. The molecule has 1 heterocycles. The first-order chi connectivity index (χ1) is 14.8. The Morgan fingerprint density at radius 2 is 1.94 bits per heavy atom. The molecule has 1 aliphatic rings. The fourth-order valence-corrected chi connectivity index (χ4v) is 3.06. The van der Waals surface area contributed by atoms with Crippen molar-refractivity contribution in [1.29, 1.82) is 0 Å². The van der Waals surface area contributed by atoms with Gasteiger partial charge in [0, 0.05) is 6.61 Å². The van der Waals surface area contributed by atoms with Crippen LogP contribution in [0.1, 0.15) is 50.0 Å². The summed E-state index contributed by atoms with van der Waals surface area (Å²) in [7, 11) is -1.57. The number of hydrogen-bond donors (Lipinski definition) is 2. The molecule has 1 atom stereocenters. The summed E-state index contributed by atoms with van der Waals surface area (Å²) in [5.74, 6) is -6.68. The van der Waals surface area contributed by atoms with Crippen molar-refractivity contribution in [2.45, 2.75) is 58.0 Å². The highest BCUT2D eigenvalue weighted by Crippen LogP contribution is 2.31. The maximum atomic E-state index is 13.0. The Morgan fingerprint density at radius 3 is 2.56 bits per heavy atom. The lowest BCUT2D eigenvalue weighted by Gasteiger charge is -2.29. The van der Waals surface area contributed by atoms with Crippen molar-refractivity contribution >= 4 is 25.0 Å². The van der Waals surface area contributed by atoms with Crippen molar-refractivity contribution in [3.05, 3.63) is 29.3 Å². The zero-order chi connectivity index (χ0) is 24.1. The minimum atomic E-state index is -3.19. The number of amides is 1. The largest absolute Gasteiger partial charge is 0.547 e. The quantitative estimate of drug-likeness (QED) is 0.326. The molecule has 2 N–H and O–H groups in total. The van der Waals surface area contributed by atoms with Gasteiger partial charge in [-0.05, 0) is 45.7 Å². The fraction of sp³-hybridized carbons (Fsp3) is 0.550. The van der Waals surface area contributed by atoms with E-state index in [0.717, 1.165) is 0 Å². The Morgan fingerprint density at radius 1 is 1.25 bits per heavy atom. The molecule has 32 heavy (non-hydrogen) atoms. The van der Waals surface area contributed by atoms with Gasteiger partial charge in [0.15, 0.2) is 5.60 Å². The third-order valence-corrected chi connectivity index (χ3v) is 4.53. The molecule has 1 amide bonds. The number of benzene rings is 1. The van der Waals surface area contributed by atoms with Gasteiger partial charge in [0.1, 0.15) is 11.3 Å². The average Bonchev–Trinajstić information content (AvgIpc) is 2.66. The van der Waals surface area contributed by atoms with E-state index in [0.29, 0.717) is 19.1 Å². The molecule has 1 aliphatic heterocycles. The average molecular weight is 457 g/mol. The number of rotatable bonds is 9. The second-order valence-corrected chi connectivity index (χ2v) is 7.85. The minimum absolute atomic E-state index is 0.0253. The molecular formula is C20H26BF2NO8. The van der Waals surface area contributed by atoms with E-state index in [1.807, 2.05) is 0 Å². The molecule has 0 saturated heterocycles. The van der Waals surface area contributed by atoms with Gasteiger partial charge in [0.2, 0.25) is 12.7 Å². The van der Waals surface area contributed by atoms with E-state index >= 15 is 0 Å². The zero-order valence-electron chi connectivity index (χ0n) is 18.3. The van der Waals surface area contributed by atoms with Crippen LogP contribution in [0, 0.1) is 0 Å². The highest BCUT2D eigenvalue weighted by atomic mass is 19.3. The van der Waals surface area contributed by atoms with Gasteiger partial charge in [-0.1, -0.05) is 12.1 Å². The smallest absolute Gasteiger partial charge is 0.534 e. The van der Waals surface area contributed by atoms with Gasteiger partial charge >= 0.3 is 19.1 Å². The van der Waals surface area contributed by atoms with Crippen LogP contribution in [0.15, 0.2) is 18.2 Å². The lowest BCUT2D eigenvalue weighted by molar-refractivity contribution is -0.175. The molecule has 0 saturated carbocycles. The summed E-state index contributed by atoms with van der Waals surface area (Å²) in [6, 6.07) is 4.51. The van der Waals surface area contributed by atoms with Crippen LogP contribution in [-0.4, -0.2) is 60.9 Å². The molecule has 0 spiro atoms. The van der Waals surface area contributed by atoms with E-state index in [1.165, 1.54) is 26.0 Å². The number of ether oxygens (including phenoxy) is 3. The van der Waals surface area contributed by atoms with Gasteiger partial charge in [0.05, 0.1) is 12.4 Å². The summed E-state index contributed by atoms with van der Waals surface area (Å²) in [6.07, 6.45) is -0.996. The number of halogens is 2. The maximum Gasteiger partial charge on any atom is 0.547 e. The summed E-state index contributed by atoms with van der Waals surface area (Å²) >= 11 is 0. The van der Waals surface area contributed by atoms with Crippen LogP contribution in [0.4, 0.5) is 8.78 Å². The van der Waals surface area contributed by atoms with Crippen molar-refractivity contribution < 1.29 is 47.1 Å². The first-order valence-corrected chi connectivity index (χ1v) is 9.96. The number of hydrogen-bond acceptors (Lipinski definition) is 8. The molecule has 9 nitrogen and oxygen atoms in total. The normalized spacial score (nSPS) is 16.0. The molecule has 0 unspecified atom stereocenters. The molecule has 0 bridgehead atoms. The first-order valence-electron chi connectivity index (χ1n) is 9.96. The van der Waals surface area contributed by atoms with Crippen molar-refractivity contribution in [2.24, 2.45) is 0 Å². The lowest BCUT2D eigenvalue weighted by atomic mass is 9.72. The topological polar surface area (TPSA) is 120 Å². The van der Waals surface area contributed by atoms with Crippen LogP contribution in [0.2, 0.25) is 0 Å². The van der Waals surface area contributed by atoms with Gasteiger partial charge in [0.25, 0.3) is 5.92 Å². The minimum Gasteiger partial charge on any atom is -0.534 e. The number of para-hydroxylation sites is 1. The van der Waals surface area contributed by atoms with E-state index in [4.69, 9.17) is 18.9 Å². The lowest BCUT2D eigenvalue weighted by Crippen LogP contribution is -2.53. The van der Waals surface area contributed by atoms with Crippen LogP contribution in [0.25, 0.3) is 0 Å². The SMILES string of the molecule is CCOC(C)(C)C(=O)OCOC(=O)c1cccc2c1OB(O)[C@@H](NC(=O)CC(C)(F)F)C2. The van der Waals surface area contributed by atoms with Gasteiger partial charge in [-0.2, -0.15) is 0 Å². The predicted octanol–water partition coefficient (Wildman–Crippen LogP) is 1.64. The highest BCUT2D eigenvalue weighted by molar-refractivity contribution is 6.47. The number of fused-ring (bicyclic) bond motifs is 1. The number of alkyl halides is 2.